The van der Waals surface area contributed by atoms with Gasteiger partial charge >= 0.3 is 0 Å². The van der Waals surface area contributed by atoms with Crippen molar-refractivity contribution < 1.29 is 14.3 Å². The lowest BCUT2D eigenvalue weighted by Crippen LogP contribution is -2.34. The molecule has 0 aliphatic heterocycles. The first-order valence-corrected chi connectivity index (χ1v) is 9.92. The van der Waals surface area contributed by atoms with Gasteiger partial charge in [0.2, 0.25) is 5.91 Å². The molecule has 0 fully saturated rings. The molecular formula is C25H28N2O3. The monoisotopic (exact) mass is 404 g/mol. The zero-order valence-corrected chi connectivity index (χ0v) is 17.8. The van der Waals surface area contributed by atoms with Crippen molar-refractivity contribution in [3.8, 4) is 11.5 Å². The quantitative estimate of drug-likeness (QED) is 0.552. The second kappa shape index (κ2) is 9.94. The van der Waals surface area contributed by atoms with E-state index in [1.54, 1.807) is 14.2 Å². The van der Waals surface area contributed by atoms with Crippen LogP contribution in [0.2, 0.25) is 0 Å². The summed E-state index contributed by atoms with van der Waals surface area (Å²) in [6.07, 6.45) is 0. The first kappa shape index (κ1) is 21.4. The number of methoxy groups -OCH3 is 2. The van der Waals surface area contributed by atoms with Crippen LogP contribution in [0.15, 0.2) is 72.8 Å². The summed E-state index contributed by atoms with van der Waals surface area (Å²) in [5, 5.41) is 6.48. The molecule has 0 aliphatic rings. The minimum atomic E-state index is -0.534. The molecule has 0 aliphatic carbocycles. The predicted molar refractivity (Wildman–Crippen MR) is 120 cm³/mol. The van der Waals surface area contributed by atoms with Crippen LogP contribution in [0.5, 0.6) is 11.5 Å². The largest absolute Gasteiger partial charge is 0.497 e. The number of hydrogen-bond acceptors (Lipinski definition) is 4. The van der Waals surface area contributed by atoms with Crippen molar-refractivity contribution in [3.63, 3.8) is 0 Å². The Morgan fingerprint density at radius 2 is 1.60 bits per heavy atom. The zero-order valence-electron chi connectivity index (χ0n) is 17.8. The van der Waals surface area contributed by atoms with Crippen molar-refractivity contribution in [1.82, 2.24) is 5.32 Å². The van der Waals surface area contributed by atoms with E-state index in [1.165, 1.54) is 0 Å². The van der Waals surface area contributed by atoms with E-state index in [2.05, 4.69) is 16.7 Å². The Kier molecular flexibility index (Phi) is 7.09. The lowest BCUT2D eigenvalue weighted by atomic mass is 10.0. The molecule has 2 N–H and O–H groups in total. The van der Waals surface area contributed by atoms with Crippen molar-refractivity contribution >= 4 is 11.6 Å². The summed E-state index contributed by atoms with van der Waals surface area (Å²) in [5.41, 5.74) is 3.75. The van der Waals surface area contributed by atoms with Gasteiger partial charge in [-0.1, -0.05) is 48.0 Å². The minimum absolute atomic E-state index is 0.105. The van der Waals surface area contributed by atoms with Crippen molar-refractivity contribution in [2.45, 2.75) is 25.9 Å². The molecule has 5 heteroatoms. The molecule has 2 atom stereocenters. The van der Waals surface area contributed by atoms with Crippen LogP contribution in [0.4, 0.5) is 5.69 Å². The van der Waals surface area contributed by atoms with E-state index in [0.717, 1.165) is 28.2 Å². The Bertz CT molecular complexity index is 971. The molecule has 0 saturated carbocycles. The Morgan fingerprint density at radius 3 is 2.23 bits per heavy atom. The maximum Gasteiger partial charge on any atom is 0.246 e. The highest BCUT2D eigenvalue weighted by Crippen LogP contribution is 2.29. The number of ether oxygens (including phenoxy) is 2. The fourth-order valence-electron chi connectivity index (χ4n) is 3.39. The first-order chi connectivity index (χ1) is 14.5. The summed E-state index contributed by atoms with van der Waals surface area (Å²) in [6, 6.07) is 22.4. The van der Waals surface area contributed by atoms with Gasteiger partial charge in [0.15, 0.2) is 0 Å². The highest BCUT2D eigenvalue weighted by atomic mass is 16.5. The van der Waals surface area contributed by atoms with Crippen LogP contribution in [-0.4, -0.2) is 20.1 Å². The third kappa shape index (κ3) is 5.19. The van der Waals surface area contributed by atoms with Gasteiger partial charge in [0, 0.05) is 17.3 Å². The molecular weight excluding hydrogens is 376 g/mol. The van der Waals surface area contributed by atoms with E-state index in [1.807, 2.05) is 80.6 Å². The Balaban J connectivity index is 1.85. The zero-order chi connectivity index (χ0) is 21.5. The van der Waals surface area contributed by atoms with Gasteiger partial charge in [-0.3, -0.25) is 10.1 Å². The number of carbonyl (C=O) groups excluding carboxylic acids is 1. The Hall–Kier alpha value is -3.31. The average Bonchev–Trinajstić information content (AvgIpc) is 2.78. The van der Waals surface area contributed by atoms with Gasteiger partial charge in [0.1, 0.15) is 17.5 Å². The number of anilines is 1. The molecule has 2 unspecified atom stereocenters. The van der Waals surface area contributed by atoms with Gasteiger partial charge < -0.3 is 14.8 Å². The topological polar surface area (TPSA) is 59.6 Å². The number of rotatable bonds is 8. The van der Waals surface area contributed by atoms with E-state index in [9.17, 15) is 4.79 Å². The summed E-state index contributed by atoms with van der Waals surface area (Å²) in [4.78, 5) is 13.2. The average molecular weight is 405 g/mol. The number of nitrogens with one attached hydrogen (secondary N) is 2. The molecule has 1 amide bonds. The molecule has 0 saturated heterocycles. The summed E-state index contributed by atoms with van der Waals surface area (Å²) in [6.45, 7) is 4.08. The predicted octanol–water partition coefficient (Wildman–Crippen LogP) is 5.04. The first-order valence-electron chi connectivity index (χ1n) is 9.92. The van der Waals surface area contributed by atoms with Crippen molar-refractivity contribution in [1.29, 1.82) is 0 Å². The maximum absolute atomic E-state index is 13.2. The fraction of sp³-hybridized carbons (Fsp3) is 0.240. The third-order valence-corrected chi connectivity index (χ3v) is 5.02. The highest BCUT2D eigenvalue weighted by Gasteiger charge is 2.24. The van der Waals surface area contributed by atoms with Crippen molar-refractivity contribution in [3.05, 3.63) is 89.5 Å². The SMILES string of the molecule is COc1ccc(NC(=O)C(NC(C)c2cc(C)ccc2OC)c2ccccc2)cc1. The maximum atomic E-state index is 13.2. The van der Waals surface area contributed by atoms with Crippen LogP contribution < -0.4 is 20.1 Å². The molecule has 0 bridgehead atoms. The molecule has 0 aromatic heterocycles. The fourth-order valence-corrected chi connectivity index (χ4v) is 3.39. The van der Waals surface area contributed by atoms with Gasteiger partial charge in [-0.05, 0) is 49.7 Å². The van der Waals surface area contributed by atoms with Gasteiger partial charge in [0.05, 0.1) is 14.2 Å². The van der Waals surface area contributed by atoms with E-state index in [4.69, 9.17) is 9.47 Å². The molecule has 3 rings (SSSR count). The highest BCUT2D eigenvalue weighted by molar-refractivity contribution is 5.95. The lowest BCUT2D eigenvalue weighted by molar-refractivity contribution is -0.118. The number of amides is 1. The third-order valence-electron chi connectivity index (χ3n) is 5.02. The number of benzene rings is 3. The number of aryl methyl sites for hydroxylation is 1. The summed E-state index contributed by atoms with van der Waals surface area (Å²) >= 11 is 0. The second-order valence-corrected chi connectivity index (χ2v) is 7.20. The molecule has 0 radical (unpaired) electrons. The Labute approximate surface area is 178 Å². The van der Waals surface area contributed by atoms with Gasteiger partial charge in [-0.15, -0.1) is 0 Å². The van der Waals surface area contributed by atoms with Crippen LogP contribution in [0.3, 0.4) is 0 Å². The summed E-state index contributed by atoms with van der Waals surface area (Å²) in [5.74, 6) is 1.40. The van der Waals surface area contributed by atoms with Crippen LogP contribution in [0.1, 0.15) is 35.7 Å². The second-order valence-electron chi connectivity index (χ2n) is 7.20. The molecule has 5 nitrogen and oxygen atoms in total. The summed E-state index contributed by atoms with van der Waals surface area (Å²) < 4.78 is 10.7. The molecule has 156 valence electrons. The normalized spacial score (nSPS) is 12.7. The van der Waals surface area contributed by atoms with Crippen LogP contribution >= 0.6 is 0 Å². The van der Waals surface area contributed by atoms with E-state index < -0.39 is 6.04 Å². The van der Waals surface area contributed by atoms with Crippen molar-refractivity contribution in [2.75, 3.05) is 19.5 Å². The standard InChI is InChI=1S/C25H28N2O3/c1-17-10-15-23(30-4)22(16-17)18(2)26-24(19-8-6-5-7-9-19)25(28)27-20-11-13-21(29-3)14-12-20/h5-16,18,24,26H,1-4H3,(H,27,28). The van der Waals surface area contributed by atoms with E-state index in [-0.39, 0.29) is 11.9 Å². The molecule has 0 heterocycles. The molecule has 0 spiro atoms. The van der Waals surface area contributed by atoms with E-state index >= 15 is 0 Å². The molecule has 3 aromatic rings. The van der Waals surface area contributed by atoms with Crippen LogP contribution in [0, 0.1) is 6.92 Å². The lowest BCUT2D eigenvalue weighted by Gasteiger charge is -2.25. The Morgan fingerprint density at radius 1 is 0.900 bits per heavy atom. The van der Waals surface area contributed by atoms with Crippen LogP contribution in [0.25, 0.3) is 0 Å². The van der Waals surface area contributed by atoms with Gasteiger partial charge in [-0.2, -0.15) is 0 Å². The molecule has 30 heavy (non-hydrogen) atoms. The van der Waals surface area contributed by atoms with Crippen LogP contribution in [-0.2, 0) is 4.79 Å². The van der Waals surface area contributed by atoms with E-state index in [0.29, 0.717) is 5.69 Å². The van der Waals surface area contributed by atoms with Gasteiger partial charge in [0.25, 0.3) is 0 Å². The van der Waals surface area contributed by atoms with Crippen molar-refractivity contribution in [2.24, 2.45) is 0 Å². The molecule has 3 aromatic carbocycles. The smallest absolute Gasteiger partial charge is 0.246 e. The van der Waals surface area contributed by atoms with Gasteiger partial charge in [-0.25, -0.2) is 0 Å². The summed E-state index contributed by atoms with van der Waals surface area (Å²) in [7, 11) is 3.27. The number of carbonyl (C=O) groups is 1. The minimum Gasteiger partial charge on any atom is -0.497 e. The number of hydrogen-bond donors (Lipinski definition) is 2.